The van der Waals surface area contributed by atoms with Crippen LogP contribution in [0, 0.1) is 0 Å². The number of nitrogens with zero attached hydrogens (tertiary/aromatic N) is 3. The summed E-state index contributed by atoms with van der Waals surface area (Å²) in [6.45, 7) is 2.45. The molecule has 1 aliphatic heterocycles. The van der Waals surface area contributed by atoms with E-state index in [-0.39, 0.29) is 11.7 Å². The van der Waals surface area contributed by atoms with Crippen molar-refractivity contribution in [3.05, 3.63) is 30.1 Å². The summed E-state index contributed by atoms with van der Waals surface area (Å²) in [5, 5.41) is 11.6. The number of carbonyl (C=O) groups excluding carboxylic acids is 1. The quantitative estimate of drug-likeness (QED) is 0.607. The summed E-state index contributed by atoms with van der Waals surface area (Å²) in [7, 11) is -3.49. The van der Waals surface area contributed by atoms with Gasteiger partial charge in [0.1, 0.15) is 11.9 Å². The summed E-state index contributed by atoms with van der Waals surface area (Å²) in [6.07, 6.45) is 6.68. The second-order valence-electron chi connectivity index (χ2n) is 7.33. The third-order valence-corrected chi connectivity index (χ3v) is 7.17. The molecule has 0 saturated carbocycles. The first-order valence-corrected chi connectivity index (χ1v) is 13.3. The smallest absolute Gasteiger partial charge is 0.242 e. The highest BCUT2D eigenvalue weighted by Crippen LogP contribution is 2.25. The van der Waals surface area contributed by atoms with Crippen molar-refractivity contribution < 1.29 is 13.2 Å². The summed E-state index contributed by atoms with van der Waals surface area (Å²) < 4.78 is 28.6. The summed E-state index contributed by atoms with van der Waals surface area (Å²) in [5.74, 6) is 2.05. The van der Waals surface area contributed by atoms with Crippen LogP contribution in [0.15, 0.2) is 24.3 Å². The fraction of sp³-hybridized carbons (Fsp3) is 0.550. The van der Waals surface area contributed by atoms with Crippen LogP contribution >= 0.6 is 11.8 Å². The Morgan fingerprint density at radius 2 is 2.10 bits per heavy atom. The van der Waals surface area contributed by atoms with E-state index < -0.39 is 16.1 Å². The number of aryl methyl sites for hydroxylation is 1. The fourth-order valence-electron chi connectivity index (χ4n) is 3.44. The number of rotatable bonds is 9. The molecule has 0 bridgehead atoms. The average Bonchev–Trinajstić information content (AvgIpc) is 2.99. The largest absolute Gasteiger partial charge is 0.325 e. The van der Waals surface area contributed by atoms with Crippen LogP contribution in [0.3, 0.4) is 0 Å². The van der Waals surface area contributed by atoms with Gasteiger partial charge in [0.05, 0.1) is 5.75 Å². The van der Waals surface area contributed by atoms with Gasteiger partial charge >= 0.3 is 0 Å². The lowest BCUT2D eigenvalue weighted by Gasteiger charge is -2.18. The Morgan fingerprint density at radius 1 is 1.27 bits per heavy atom. The zero-order valence-electron chi connectivity index (χ0n) is 17.4. The third-order valence-electron chi connectivity index (χ3n) is 5.13. The Kier molecular flexibility index (Phi) is 7.90. The summed E-state index contributed by atoms with van der Waals surface area (Å²) >= 11 is 1.57. The van der Waals surface area contributed by atoms with Crippen molar-refractivity contribution >= 4 is 33.4 Å². The van der Waals surface area contributed by atoms with Crippen molar-refractivity contribution in [1.82, 2.24) is 19.5 Å². The minimum absolute atomic E-state index is 0.0659. The third kappa shape index (κ3) is 5.83. The number of benzene rings is 1. The van der Waals surface area contributed by atoms with Crippen molar-refractivity contribution in [3.63, 3.8) is 0 Å². The van der Waals surface area contributed by atoms with E-state index in [9.17, 15) is 13.2 Å². The van der Waals surface area contributed by atoms with Crippen molar-refractivity contribution in [2.45, 2.75) is 51.6 Å². The van der Waals surface area contributed by atoms with Gasteiger partial charge in [-0.2, -0.15) is 11.8 Å². The number of carbonyl (C=O) groups is 1. The topological polar surface area (TPSA) is 106 Å². The van der Waals surface area contributed by atoms with Crippen LogP contribution in [0.4, 0.5) is 5.69 Å². The predicted molar refractivity (Wildman–Crippen MR) is 121 cm³/mol. The van der Waals surface area contributed by atoms with Crippen LogP contribution in [-0.4, -0.2) is 52.9 Å². The lowest BCUT2D eigenvalue weighted by molar-refractivity contribution is -0.117. The second-order valence-corrected chi connectivity index (χ2v) is 10.4. The molecule has 2 N–H and O–H groups in total. The minimum Gasteiger partial charge on any atom is -0.325 e. The number of nitrogens with one attached hydrogen (secondary N) is 2. The molecule has 3 rings (SSSR count). The molecule has 0 aliphatic carbocycles. The van der Waals surface area contributed by atoms with Gasteiger partial charge in [0, 0.05) is 24.2 Å². The number of anilines is 1. The molecule has 1 amide bonds. The number of thioether (sulfide) groups is 1. The van der Waals surface area contributed by atoms with E-state index in [0.29, 0.717) is 17.9 Å². The number of amides is 1. The van der Waals surface area contributed by atoms with Crippen molar-refractivity contribution in [2.75, 3.05) is 23.1 Å². The van der Waals surface area contributed by atoms with Gasteiger partial charge in [-0.1, -0.05) is 18.6 Å². The Hall–Kier alpha value is -1.91. The molecule has 1 atom stereocenters. The number of fused-ring (bicyclic) bond motifs is 1. The molecule has 1 aromatic heterocycles. The van der Waals surface area contributed by atoms with E-state index in [2.05, 4.69) is 24.8 Å². The Morgan fingerprint density at radius 3 is 2.87 bits per heavy atom. The SMILES string of the molecule is CCS(=O)(=O)NC(CCSC)C(=O)Nc1cccc(-c2nnc3n2CCCCC3)c1. The Bertz CT molecular complexity index is 975. The molecule has 0 spiro atoms. The van der Waals surface area contributed by atoms with E-state index in [1.165, 1.54) is 6.42 Å². The fourth-order valence-corrected chi connectivity index (χ4v) is 4.74. The van der Waals surface area contributed by atoms with Gasteiger partial charge in [0.15, 0.2) is 5.82 Å². The molecule has 30 heavy (non-hydrogen) atoms. The lowest BCUT2D eigenvalue weighted by atomic mass is 10.1. The maximum Gasteiger partial charge on any atom is 0.242 e. The van der Waals surface area contributed by atoms with Gasteiger partial charge in [-0.25, -0.2) is 13.1 Å². The highest BCUT2D eigenvalue weighted by atomic mass is 32.2. The normalized spacial score (nSPS) is 15.3. The zero-order chi connectivity index (χ0) is 21.6. The van der Waals surface area contributed by atoms with Crippen LogP contribution in [0.5, 0.6) is 0 Å². The van der Waals surface area contributed by atoms with Gasteiger partial charge in [-0.05, 0) is 50.3 Å². The van der Waals surface area contributed by atoms with E-state index >= 15 is 0 Å². The van der Waals surface area contributed by atoms with Gasteiger partial charge in [0.25, 0.3) is 0 Å². The molecule has 1 unspecified atom stereocenters. The highest BCUT2D eigenvalue weighted by Gasteiger charge is 2.23. The first-order chi connectivity index (χ1) is 14.4. The molecule has 164 valence electrons. The number of sulfonamides is 1. The van der Waals surface area contributed by atoms with E-state index in [1.807, 2.05) is 24.5 Å². The van der Waals surface area contributed by atoms with Crippen LogP contribution < -0.4 is 10.0 Å². The van der Waals surface area contributed by atoms with Gasteiger partial charge in [0.2, 0.25) is 15.9 Å². The summed E-state index contributed by atoms with van der Waals surface area (Å²) in [4.78, 5) is 12.8. The molecule has 8 nitrogen and oxygen atoms in total. The molecule has 0 saturated heterocycles. The first-order valence-electron chi connectivity index (χ1n) is 10.3. The number of aromatic nitrogens is 3. The summed E-state index contributed by atoms with van der Waals surface area (Å²) in [5.41, 5.74) is 1.48. The number of hydrogen-bond acceptors (Lipinski definition) is 6. The lowest BCUT2D eigenvalue weighted by Crippen LogP contribution is -2.44. The Labute approximate surface area is 182 Å². The second kappa shape index (κ2) is 10.4. The van der Waals surface area contributed by atoms with Crippen molar-refractivity contribution in [1.29, 1.82) is 0 Å². The van der Waals surface area contributed by atoms with Crippen LogP contribution in [-0.2, 0) is 27.8 Å². The van der Waals surface area contributed by atoms with Gasteiger partial charge in [-0.15, -0.1) is 10.2 Å². The van der Waals surface area contributed by atoms with Crippen molar-refractivity contribution in [2.24, 2.45) is 0 Å². The van der Waals surface area contributed by atoms with E-state index in [1.54, 1.807) is 24.8 Å². The maximum atomic E-state index is 12.8. The molecular formula is C20H29N5O3S2. The van der Waals surface area contributed by atoms with Crippen molar-refractivity contribution in [3.8, 4) is 11.4 Å². The average molecular weight is 452 g/mol. The number of hydrogen-bond donors (Lipinski definition) is 2. The van der Waals surface area contributed by atoms with E-state index in [0.717, 1.165) is 43.0 Å². The zero-order valence-corrected chi connectivity index (χ0v) is 19.1. The maximum absolute atomic E-state index is 12.8. The molecule has 0 radical (unpaired) electrons. The van der Waals surface area contributed by atoms with Crippen LogP contribution in [0.2, 0.25) is 0 Å². The molecule has 1 aromatic carbocycles. The first kappa shape index (κ1) is 22.8. The molecule has 2 heterocycles. The molecular weight excluding hydrogens is 422 g/mol. The Balaban J connectivity index is 1.78. The predicted octanol–water partition coefficient (Wildman–Crippen LogP) is 2.67. The van der Waals surface area contributed by atoms with Crippen LogP contribution in [0.1, 0.15) is 38.4 Å². The summed E-state index contributed by atoms with van der Waals surface area (Å²) in [6, 6.07) is 6.65. The van der Waals surface area contributed by atoms with Gasteiger partial charge < -0.3 is 9.88 Å². The molecule has 2 aromatic rings. The molecule has 1 aliphatic rings. The van der Waals surface area contributed by atoms with Crippen LogP contribution in [0.25, 0.3) is 11.4 Å². The molecule has 10 heteroatoms. The minimum atomic E-state index is -3.49. The van der Waals surface area contributed by atoms with E-state index in [4.69, 9.17) is 0 Å². The highest BCUT2D eigenvalue weighted by molar-refractivity contribution is 7.98. The standard InChI is InChI=1S/C20H29N5O3S2/c1-3-30(27,28)24-17(11-13-29-2)20(26)21-16-9-7-8-15(14-16)19-23-22-18-10-5-4-6-12-25(18)19/h7-9,14,17,24H,3-6,10-13H2,1-2H3,(H,21,26). The molecule has 0 fully saturated rings. The van der Waals surface area contributed by atoms with Gasteiger partial charge in [-0.3, -0.25) is 4.79 Å². The monoisotopic (exact) mass is 451 g/mol.